The number of hydrogen-bond acceptors (Lipinski definition) is 2. The zero-order chi connectivity index (χ0) is 9.80. The fourth-order valence-electron chi connectivity index (χ4n) is 1.21. The van der Waals surface area contributed by atoms with Crippen LogP contribution in [0.3, 0.4) is 0 Å². The van der Waals surface area contributed by atoms with Crippen molar-refractivity contribution in [1.29, 1.82) is 0 Å². The van der Waals surface area contributed by atoms with Crippen molar-refractivity contribution >= 4 is 0 Å². The molecule has 0 N–H and O–H groups in total. The molecule has 1 aromatic heterocycles. The fourth-order valence-corrected chi connectivity index (χ4v) is 1.21. The van der Waals surface area contributed by atoms with E-state index < -0.39 is 0 Å². The zero-order valence-corrected chi connectivity index (χ0v) is 7.60. The van der Waals surface area contributed by atoms with E-state index in [-0.39, 0.29) is 0 Å². The molecular weight excluding hydrogens is 174 g/mol. The van der Waals surface area contributed by atoms with E-state index in [1.54, 1.807) is 6.26 Å². The molecule has 0 atom stereocenters. The van der Waals surface area contributed by atoms with Crippen LogP contribution in [-0.4, -0.2) is 4.98 Å². The first-order chi connectivity index (χ1) is 6.90. The van der Waals surface area contributed by atoms with Gasteiger partial charge in [0.25, 0.3) is 0 Å². The van der Waals surface area contributed by atoms with E-state index in [4.69, 9.17) is 10.8 Å². The van der Waals surface area contributed by atoms with Crippen LogP contribution in [0.15, 0.2) is 41.0 Å². The van der Waals surface area contributed by atoms with Crippen molar-refractivity contribution in [1.82, 2.24) is 4.98 Å². The monoisotopic (exact) mass is 183 g/mol. The van der Waals surface area contributed by atoms with Crippen molar-refractivity contribution in [3.8, 4) is 23.8 Å². The summed E-state index contributed by atoms with van der Waals surface area (Å²) in [6.07, 6.45) is 7.29. The Hall–Kier alpha value is -2.01. The Kier molecular flexibility index (Phi) is 2.33. The summed E-state index contributed by atoms with van der Waals surface area (Å²) in [6, 6.07) is 9.74. The first-order valence-electron chi connectivity index (χ1n) is 4.33. The van der Waals surface area contributed by atoms with Gasteiger partial charge in [-0.3, -0.25) is 0 Å². The molecule has 2 nitrogen and oxygen atoms in total. The van der Waals surface area contributed by atoms with Gasteiger partial charge in [0, 0.05) is 5.56 Å². The first kappa shape index (κ1) is 8.58. The Labute approximate surface area is 82.6 Å². The minimum Gasteiger partial charge on any atom is -0.444 e. The predicted octanol–water partition coefficient (Wildman–Crippen LogP) is 2.52. The lowest BCUT2D eigenvalue weighted by Crippen LogP contribution is -1.81. The minimum atomic E-state index is 0.510. The van der Waals surface area contributed by atoms with Gasteiger partial charge < -0.3 is 4.42 Å². The van der Waals surface area contributed by atoms with Crippen LogP contribution in [0, 0.1) is 12.3 Å². The van der Waals surface area contributed by atoms with Gasteiger partial charge in [0.15, 0.2) is 0 Å². The molecule has 68 valence electrons. The lowest BCUT2D eigenvalue weighted by molar-refractivity contribution is 0.573. The van der Waals surface area contributed by atoms with Gasteiger partial charge in [0.1, 0.15) is 6.26 Å². The van der Waals surface area contributed by atoms with Crippen LogP contribution in [-0.2, 0) is 6.42 Å². The van der Waals surface area contributed by atoms with E-state index >= 15 is 0 Å². The van der Waals surface area contributed by atoms with Crippen LogP contribution >= 0.6 is 0 Å². The molecule has 1 aromatic carbocycles. The van der Waals surface area contributed by atoms with Crippen LogP contribution in [0.4, 0.5) is 0 Å². The maximum atomic E-state index is 5.30. The van der Waals surface area contributed by atoms with Gasteiger partial charge in [-0.2, -0.15) is 0 Å². The Balaban J connectivity index is 2.31. The van der Waals surface area contributed by atoms with Crippen LogP contribution in [0.1, 0.15) is 5.69 Å². The summed E-state index contributed by atoms with van der Waals surface area (Å²) in [6.45, 7) is 0. The molecule has 2 rings (SSSR count). The average molecular weight is 183 g/mol. The maximum Gasteiger partial charge on any atom is 0.226 e. The zero-order valence-electron chi connectivity index (χ0n) is 7.60. The molecule has 0 saturated heterocycles. The fraction of sp³-hybridized carbons (Fsp3) is 0.0833. The predicted molar refractivity (Wildman–Crippen MR) is 54.5 cm³/mol. The maximum absolute atomic E-state index is 5.30. The molecule has 0 unspecified atom stereocenters. The van der Waals surface area contributed by atoms with Crippen molar-refractivity contribution < 1.29 is 4.42 Å². The third kappa shape index (κ3) is 1.67. The molecule has 0 spiro atoms. The first-order valence-corrected chi connectivity index (χ1v) is 4.33. The number of rotatable bonds is 2. The molecule has 2 aromatic rings. The lowest BCUT2D eigenvalue weighted by atomic mass is 10.2. The Bertz CT molecular complexity index is 451. The normalized spacial score (nSPS) is 9.64. The molecule has 14 heavy (non-hydrogen) atoms. The highest BCUT2D eigenvalue weighted by Gasteiger charge is 2.04. The highest BCUT2D eigenvalue weighted by atomic mass is 16.3. The summed E-state index contributed by atoms with van der Waals surface area (Å²) in [7, 11) is 0. The third-order valence-electron chi connectivity index (χ3n) is 1.86. The van der Waals surface area contributed by atoms with E-state index in [2.05, 4.69) is 10.9 Å². The van der Waals surface area contributed by atoms with Gasteiger partial charge in [-0.15, -0.1) is 12.3 Å². The molecular formula is C12H9NO. The van der Waals surface area contributed by atoms with E-state index in [0.29, 0.717) is 12.3 Å². The SMILES string of the molecule is C#CCc1coc(-c2ccccc2)n1. The largest absolute Gasteiger partial charge is 0.444 e. The molecule has 0 saturated carbocycles. The van der Waals surface area contributed by atoms with Gasteiger partial charge in [-0.1, -0.05) is 18.2 Å². The van der Waals surface area contributed by atoms with Crippen LogP contribution in [0.2, 0.25) is 0 Å². The van der Waals surface area contributed by atoms with Crippen LogP contribution in [0.25, 0.3) is 11.5 Å². The number of benzene rings is 1. The minimum absolute atomic E-state index is 0.510. The summed E-state index contributed by atoms with van der Waals surface area (Å²) in [5.74, 6) is 3.15. The van der Waals surface area contributed by atoms with E-state index in [1.807, 2.05) is 30.3 Å². The van der Waals surface area contributed by atoms with Crippen molar-refractivity contribution in [2.24, 2.45) is 0 Å². The van der Waals surface area contributed by atoms with Crippen molar-refractivity contribution in [2.45, 2.75) is 6.42 Å². The van der Waals surface area contributed by atoms with Crippen molar-refractivity contribution in [3.63, 3.8) is 0 Å². The summed E-state index contributed by atoms with van der Waals surface area (Å²) >= 11 is 0. The molecule has 0 radical (unpaired) electrons. The molecule has 0 aliphatic rings. The van der Waals surface area contributed by atoms with Crippen molar-refractivity contribution in [2.75, 3.05) is 0 Å². The summed E-state index contributed by atoms with van der Waals surface area (Å²) in [5, 5.41) is 0. The number of hydrogen-bond donors (Lipinski definition) is 0. The second kappa shape index (κ2) is 3.80. The second-order valence-electron chi connectivity index (χ2n) is 2.89. The van der Waals surface area contributed by atoms with Crippen LogP contribution < -0.4 is 0 Å². The number of nitrogens with zero attached hydrogens (tertiary/aromatic N) is 1. The smallest absolute Gasteiger partial charge is 0.226 e. The summed E-state index contributed by atoms with van der Waals surface area (Å²) < 4.78 is 5.30. The second-order valence-corrected chi connectivity index (χ2v) is 2.89. The van der Waals surface area contributed by atoms with Gasteiger partial charge in [-0.25, -0.2) is 4.98 Å². The molecule has 0 fully saturated rings. The van der Waals surface area contributed by atoms with Crippen LogP contribution in [0.5, 0.6) is 0 Å². The average Bonchev–Trinajstić information content (AvgIpc) is 2.68. The van der Waals surface area contributed by atoms with Gasteiger partial charge >= 0.3 is 0 Å². The lowest BCUT2D eigenvalue weighted by Gasteiger charge is -1.91. The molecule has 0 bridgehead atoms. The summed E-state index contributed by atoms with van der Waals surface area (Å²) in [5.41, 5.74) is 1.77. The molecule has 0 amide bonds. The quantitative estimate of drug-likeness (QED) is 0.668. The number of terminal acetylenes is 1. The Morgan fingerprint density at radius 2 is 2.07 bits per heavy atom. The Morgan fingerprint density at radius 3 is 2.79 bits per heavy atom. The Morgan fingerprint density at radius 1 is 1.29 bits per heavy atom. The third-order valence-corrected chi connectivity index (χ3v) is 1.86. The number of oxazole rings is 1. The topological polar surface area (TPSA) is 26.0 Å². The molecule has 0 aliphatic heterocycles. The summed E-state index contributed by atoms with van der Waals surface area (Å²) in [4.78, 5) is 4.26. The van der Waals surface area contributed by atoms with Gasteiger partial charge in [-0.05, 0) is 12.1 Å². The van der Waals surface area contributed by atoms with E-state index in [1.165, 1.54) is 0 Å². The molecule has 1 heterocycles. The molecule has 0 aliphatic carbocycles. The number of aromatic nitrogens is 1. The highest BCUT2D eigenvalue weighted by Crippen LogP contribution is 2.17. The van der Waals surface area contributed by atoms with E-state index in [0.717, 1.165) is 11.3 Å². The standard InChI is InChI=1S/C12H9NO/c1-2-6-11-9-14-12(13-11)10-7-4-3-5-8-10/h1,3-5,7-9H,6H2. The van der Waals surface area contributed by atoms with Gasteiger partial charge in [0.2, 0.25) is 5.89 Å². The molecule has 2 heteroatoms. The van der Waals surface area contributed by atoms with E-state index in [9.17, 15) is 0 Å². The highest BCUT2D eigenvalue weighted by molar-refractivity contribution is 5.52. The van der Waals surface area contributed by atoms with Gasteiger partial charge in [0.05, 0.1) is 12.1 Å². The van der Waals surface area contributed by atoms with Crippen molar-refractivity contribution in [3.05, 3.63) is 42.3 Å².